The molecule has 4 nitrogen and oxygen atoms in total. The lowest BCUT2D eigenvalue weighted by Gasteiger charge is -2.19. The van der Waals surface area contributed by atoms with E-state index in [0.29, 0.717) is 16.9 Å². The molecule has 0 aromatic heterocycles. The van der Waals surface area contributed by atoms with E-state index < -0.39 is 10.0 Å². The molecule has 102 valence electrons. The van der Waals surface area contributed by atoms with E-state index >= 15 is 0 Å². The summed E-state index contributed by atoms with van der Waals surface area (Å²) in [5.74, 6) is 0.389. The Kier molecular flexibility index (Phi) is 5.78. The summed E-state index contributed by atoms with van der Waals surface area (Å²) in [5, 5.41) is 0. The summed E-state index contributed by atoms with van der Waals surface area (Å²) >= 11 is 3.24. The molecule has 3 N–H and O–H groups in total. The number of nitrogens with two attached hydrogens (primary N) is 1. The van der Waals surface area contributed by atoms with E-state index in [2.05, 4.69) is 20.7 Å². The number of sulfonamides is 1. The third-order valence-electron chi connectivity index (χ3n) is 2.49. The fourth-order valence-corrected chi connectivity index (χ4v) is 3.97. The van der Waals surface area contributed by atoms with E-state index in [-0.39, 0.29) is 10.9 Å². The van der Waals surface area contributed by atoms with Crippen LogP contribution in [-0.2, 0) is 10.0 Å². The summed E-state index contributed by atoms with van der Waals surface area (Å²) in [6, 6.07) is 6.50. The molecule has 0 unspecified atom stereocenters. The molecule has 1 aromatic carbocycles. The highest BCUT2D eigenvalue weighted by Crippen LogP contribution is 2.21. The van der Waals surface area contributed by atoms with Crippen molar-refractivity contribution in [1.29, 1.82) is 0 Å². The van der Waals surface area contributed by atoms with Crippen LogP contribution in [-0.4, -0.2) is 21.0 Å². The zero-order valence-corrected chi connectivity index (χ0v) is 13.0. The summed E-state index contributed by atoms with van der Waals surface area (Å²) in [5.41, 5.74) is 5.61. The molecule has 1 atom stereocenters. The average Bonchev–Trinajstić information content (AvgIpc) is 2.27. The first-order valence-electron chi connectivity index (χ1n) is 5.83. The van der Waals surface area contributed by atoms with E-state index in [1.165, 1.54) is 0 Å². The molecule has 1 aromatic rings. The Morgan fingerprint density at radius 1 is 1.33 bits per heavy atom. The fraction of sp³-hybridized carbons (Fsp3) is 0.500. The lowest BCUT2D eigenvalue weighted by molar-refractivity contribution is 0.465. The third-order valence-corrected chi connectivity index (χ3v) is 5.02. The summed E-state index contributed by atoms with van der Waals surface area (Å²) < 4.78 is 27.6. The van der Waals surface area contributed by atoms with Crippen molar-refractivity contribution < 1.29 is 8.42 Å². The molecule has 18 heavy (non-hydrogen) atoms. The van der Waals surface area contributed by atoms with Gasteiger partial charge in [-0.2, -0.15) is 0 Å². The summed E-state index contributed by atoms with van der Waals surface area (Å²) in [6.07, 6.45) is 0.722. The number of rotatable bonds is 6. The Labute approximate surface area is 117 Å². The Balaban J connectivity index is 2.91. The van der Waals surface area contributed by atoms with E-state index in [9.17, 15) is 8.42 Å². The summed E-state index contributed by atoms with van der Waals surface area (Å²) in [4.78, 5) is 0.243. The molecular formula is C12H19BrN2O2S. The lowest BCUT2D eigenvalue weighted by Crippen LogP contribution is -2.41. The molecule has 1 rings (SSSR count). The van der Waals surface area contributed by atoms with Gasteiger partial charge in [-0.3, -0.25) is 0 Å². The number of hydrogen-bond acceptors (Lipinski definition) is 3. The Bertz CT molecular complexity index is 489. The van der Waals surface area contributed by atoms with Gasteiger partial charge in [-0.15, -0.1) is 0 Å². The van der Waals surface area contributed by atoms with Gasteiger partial charge in [0.25, 0.3) is 0 Å². The van der Waals surface area contributed by atoms with Crippen LogP contribution in [0.3, 0.4) is 0 Å². The van der Waals surface area contributed by atoms with Gasteiger partial charge in [0.1, 0.15) is 0 Å². The van der Waals surface area contributed by atoms with E-state index in [0.717, 1.165) is 6.42 Å². The van der Waals surface area contributed by atoms with Crippen molar-refractivity contribution in [3.05, 3.63) is 28.7 Å². The van der Waals surface area contributed by atoms with Crippen molar-refractivity contribution in [3.8, 4) is 0 Å². The maximum Gasteiger partial charge on any atom is 0.241 e. The van der Waals surface area contributed by atoms with E-state index in [1.807, 2.05) is 13.8 Å². The van der Waals surface area contributed by atoms with E-state index in [1.54, 1.807) is 24.3 Å². The van der Waals surface area contributed by atoms with Crippen LogP contribution in [0.2, 0.25) is 0 Å². The van der Waals surface area contributed by atoms with Gasteiger partial charge in [-0.25, -0.2) is 13.1 Å². The van der Waals surface area contributed by atoms with Crippen LogP contribution in [0, 0.1) is 5.92 Å². The molecular weight excluding hydrogens is 316 g/mol. The van der Waals surface area contributed by atoms with Crippen molar-refractivity contribution in [1.82, 2.24) is 4.72 Å². The minimum atomic E-state index is -3.52. The first-order chi connectivity index (χ1) is 8.36. The van der Waals surface area contributed by atoms with Gasteiger partial charge in [-0.05, 0) is 40.4 Å². The summed E-state index contributed by atoms with van der Waals surface area (Å²) in [7, 11) is -3.52. The predicted molar refractivity (Wildman–Crippen MR) is 76.8 cm³/mol. The highest BCUT2D eigenvalue weighted by atomic mass is 79.9. The van der Waals surface area contributed by atoms with E-state index in [4.69, 9.17) is 5.73 Å². The molecule has 0 heterocycles. The first kappa shape index (κ1) is 15.6. The second kappa shape index (κ2) is 6.65. The Hall–Kier alpha value is -0.430. The standard InChI is InChI=1S/C12H19BrN2O2S/c1-9(2)7-10(8-14)15-18(16,17)12-6-4-3-5-11(12)13/h3-6,9-10,15H,7-8,14H2,1-2H3/t10-/m0/s1. The molecule has 0 fully saturated rings. The van der Waals surface area contributed by atoms with Crippen molar-refractivity contribution >= 4 is 26.0 Å². The molecule has 0 amide bonds. The smallest absolute Gasteiger partial charge is 0.241 e. The Morgan fingerprint density at radius 2 is 1.94 bits per heavy atom. The fourth-order valence-electron chi connectivity index (χ4n) is 1.71. The largest absolute Gasteiger partial charge is 0.329 e. The van der Waals surface area contributed by atoms with Gasteiger partial charge in [0.05, 0.1) is 4.90 Å². The van der Waals surface area contributed by atoms with Crippen LogP contribution >= 0.6 is 15.9 Å². The van der Waals surface area contributed by atoms with Gasteiger partial charge in [-0.1, -0.05) is 26.0 Å². The number of nitrogens with one attached hydrogen (secondary N) is 1. The zero-order valence-electron chi connectivity index (χ0n) is 10.6. The maximum atomic E-state index is 12.2. The van der Waals surface area contributed by atoms with Crippen LogP contribution in [0.15, 0.2) is 33.6 Å². The van der Waals surface area contributed by atoms with Crippen molar-refractivity contribution in [2.75, 3.05) is 6.54 Å². The van der Waals surface area contributed by atoms with Gasteiger partial charge in [0.15, 0.2) is 0 Å². The number of halogens is 1. The normalized spacial score (nSPS) is 13.8. The second-order valence-electron chi connectivity index (χ2n) is 4.61. The molecule has 0 saturated carbocycles. The number of hydrogen-bond donors (Lipinski definition) is 2. The topological polar surface area (TPSA) is 72.2 Å². The van der Waals surface area contributed by atoms with Crippen molar-refractivity contribution in [3.63, 3.8) is 0 Å². The molecule has 6 heteroatoms. The Morgan fingerprint density at radius 3 is 2.44 bits per heavy atom. The average molecular weight is 335 g/mol. The molecule has 0 saturated heterocycles. The minimum Gasteiger partial charge on any atom is -0.329 e. The highest BCUT2D eigenvalue weighted by Gasteiger charge is 2.21. The monoisotopic (exact) mass is 334 g/mol. The number of benzene rings is 1. The highest BCUT2D eigenvalue weighted by molar-refractivity contribution is 9.10. The zero-order chi connectivity index (χ0) is 13.8. The molecule has 0 radical (unpaired) electrons. The third kappa shape index (κ3) is 4.35. The van der Waals surface area contributed by atoms with Gasteiger partial charge in [0.2, 0.25) is 10.0 Å². The van der Waals surface area contributed by atoms with Crippen molar-refractivity contribution in [2.24, 2.45) is 11.7 Å². The SMILES string of the molecule is CC(C)C[C@@H](CN)NS(=O)(=O)c1ccccc1Br. The molecule has 0 aliphatic heterocycles. The van der Waals surface area contributed by atoms with Crippen LogP contribution in [0.5, 0.6) is 0 Å². The summed E-state index contributed by atoms with van der Waals surface area (Å²) in [6.45, 7) is 4.37. The van der Waals surface area contributed by atoms with Gasteiger partial charge in [0, 0.05) is 17.1 Å². The quantitative estimate of drug-likeness (QED) is 0.836. The molecule has 0 aliphatic carbocycles. The minimum absolute atomic E-state index is 0.234. The van der Waals surface area contributed by atoms with Crippen LogP contribution in [0.1, 0.15) is 20.3 Å². The van der Waals surface area contributed by atoms with Gasteiger partial charge < -0.3 is 5.73 Å². The molecule has 0 bridgehead atoms. The van der Waals surface area contributed by atoms with Crippen LogP contribution < -0.4 is 10.5 Å². The predicted octanol–water partition coefficient (Wildman–Crippen LogP) is 2.10. The van der Waals surface area contributed by atoms with Crippen LogP contribution in [0.4, 0.5) is 0 Å². The molecule has 0 aliphatic rings. The maximum absolute atomic E-state index is 12.2. The van der Waals surface area contributed by atoms with Crippen molar-refractivity contribution in [2.45, 2.75) is 31.2 Å². The van der Waals surface area contributed by atoms with Crippen LogP contribution in [0.25, 0.3) is 0 Å². The molecule has 0 spiro atoms. The lowest BCUT2D eigenvalue weighted by atomic mass is 10.1. The van der Waals surface area contributed by atoms with Gasteiger partial charge >= 0.3 is 0 Å². The second-order valence-corrected chi connectivity index (χ2v) is 7.15. The first-order valence-corrected chi connectivity index (χ1v) is 8.11.